The zero-order chi connectivity index (χ0) is 11.3. The summed E-state index contributed by atoms with van der Waals surface area (Å²) in [5.41, 5.74) is 3.48. The minimum absolute atomic E-state index is 0.0983. The minimum Gasteiger partial charge on any atom is -0.326 e. The van der Waals surface area contributed by atoms with Crippen LogP contribution in [0.4, 0.5) is 5.69 Å². The molecule has 1 N–H and O–H groups in total. The highest BCUT2D eigenvalue weighted by Gasteiger charge is 2.02. The fourth-order valence-corrected chi connectivity index (χ4v) is 1.62. The van der Waals surface area contributed by atoms with Gasteiger partial charge in [-0.25, -0.2) is 0 Å². The Morgan fingerprint density at radius 2 is 2.07 bits per heavy atom. The summed E-state index contributed by atoms with van der Waals surface area (Å²) in [7, 11) is 0. The highest BCUT2D eigenvalue weighted by Crippen LogP contribution is 2.15. The average Bonchev–Trinajstić information content (AvgIpc) is 2.18. The fourth-order valence-electron chi connectivity index (χ4n) is 1.62. The van der Waals surface area contributed by atoms with Crippen molar-refractivity contribution < 1.29 is 4.79 Å². The third-order valence-electron chi connectivity index (χ3n) is 2.48. The smallest absolute Gasteiger partial charge is 0.224 e. The molecule has 82 valence electrons. The van der Waals surface area contributed by atoms with E-state index in [9.17, 15) is 4.79 Å². The van der Waals surface area contributed by atoms with Crippen molar-refractivity contribution in [2.75, 3.05) is 5.32 Å². The Labute approximate surface area is 91.7 Å². The van der Waals surface area contributed by atoms with Crippen LogP contribution in [0.15, 0.2) is 18.2 Å². The van der Waals surface area contributed by atoms with E-state index in [1.807, 2.05) is 19.1 Å². The van der Waals surface area contributed by atoms with Gasteiger partial charge in [-0.15, -0.1) is 0 Å². The molecule has 0 aromatic heterocycles. The van der Waals surface area contributed by atoms with Gasteiger partial charge < -0.3 is 5.32 Å². The largest absolute Gasteiger partial charge is 0.326 e. The maximum atomic E-state index is 11.4. The van der Waals surface area contributed by atoms with Gasteiger partial charge in [0.05, 0.1) is 0 Å². The number of rotatable bonds is 4. The van der Waals surface area contributed by atoms with Crippen LogP contribution in [0.1, 0.15) is 37.8 Å². The lowest BCUT2D eigenvalue weighted by Crippen LogP contribution is -2.10. The van der Waals surface area contributed by atoms with Crippen LogP contribution in [0, 0.1) is 6.92 Å². The molecule has 0 heterocycles. The van der Waals surface area contributed by atoms with E-state index in [1.165, 1.54) is 11.1 Å². The molecule has 1 aromatic rings. The minimum atomic E-state index is 0.0983. The molecule has 0 aliphatic rings. The number of nitrogens with one attached hydrogen (secondary N) is 1. The van der Waals surface area contributed by atoms with Crippen LogP contribution in [-0.2, 0) is 11.2 Å². The average molecular weight is 205 g/mol. The topological polar surface area (TPSA) is 29.1 Å². The Balaban J connectivity index is 2.71. The molecule has 0 saturated carbocycles. The van der Waals surface area contributed by atoms with Gasteiger partial charge in [0.25, 0.3) is 0 Å². The van der Waals surface area contributed by atoms with E-state index in [-0.39, 0.29) is 5.91 Å². The molecule has 0 bridgehead atoms. The maximum absolute atomic E-state index is 11.4. The second-order valence-electron chi connectivity index (χ2n) is 3.79. The van der Waals surface area contributed by atoms with Crippen LogP contribution in [-0.4, -0.2) is 5.91 Å². The summed E-state index contributed by atoms with van der Waals surface area (Å²) < 4.78 is 0. The number of hydrogen-bond donors (Lipinski definition) is 1. The van der Waals surface area contributed by atoms with Crippen LogP contribution in [0.5, 0.6) is 0 Å². The lowest BCUT2D eigenvalue weighted by molar-refractivity contribution is -0.116. The molecule has 0 atom stereocenters. The van der Waals surface area contributed by atoms with Gasteiger partial charge in [-0.2, -0.15) is 0 Å². The Bertz CT molecular complexity index is 344. The van der Waals surface area contributed by atoms with Crippen molar-refractivity contribution >= 4 is 11.6 Å². The SMILES string of the molecule is CCCC(=O)Nc1ccc(CC)c(C)c1. The van der Waals surface area contributed by atoms with Gasteiger partial charge in [0.1, 0.15) is 0 Å². The van der Waals surface area contributed by atoms with Gasteiger partial charge in [0, 0.05) is 12.1 Å². The van der Waals surface area contributed by atoms with E-state index in [0.29, 0.717) is 6.42 Å². The molecule has 0 saturated heterocycles. The van der Waals surface area contributed by atoms with E-state index in [4.69, 9.17) is 0 Å². The van der Waals surface area contributed by atoms with Crippen molar-refractivity contribution in [2.45, 2.75) is 40.0 Å². The third kappa shape index (κ3) is 3.39. The van der Waals surface area contributed by atoms with E-state index in [0.717, 1.165) is 18.5 Å². The first kappa shape index (κ1) is 11.8. The molecule has 1 amide bonds. The number of aryl methyl sites for hydroxylation is 2. The van der Waals surface area contributed by atoms with Gasteiger partial charge >= 0.3 is 0 Å². The normalized spacial score (nSPS) is 10.1. The molecule has 0 fully saturated rings. The van der Waals surface area contributed by atoms with Crippen molar-refractivity contribution in [1.29, 1.82) is 0 Å². The number of carbonyl (C=O) groups excluding carboxylic acids is 1. The molecule has 2 heteroatoms. The number of carbonyl (C=O) groups is 1. The molecule has 0 aliphatic heterocycles. The van der Waals surface area contributed by atoms with Gasteiger partial charge in [-0.05, 0) is 43.0 Å². The van der Waals surface area contributed by atoms with Crippen LogP contribution in [0.25, 0.3) is 0 Å². The summed E-state index contributed by atoms with van der Waals surface area (Å²) in [6.45, 7) is 6.22. The summed E-state index contributed by atoms with van der Waals surface area (Å²) >= 11 is 0. The Hall–Kier alpha value is -1.31. The number of anilines is 1. The summed E-state index contributed by atoms with van der Waals surface area (Å²) in [6.07, 6.45) is 2.52. The van der Waals surface area contributed by atoms with Crippen molar-refractivity contribution in [1.82, 2.24) is 0 Å². The molecule has 1 aromatic carbocycles. The molecule has 15 heavy (non-hydrogen) atoms. The van der Waals surface area contributed by atoms with E-state index in [1.54, 1.807) is 0 Å². The summed E-state index contributed by atoms with van der Waals surface area (Å²) in [5, 5.41) is 2.90. The second-order valence-corrected chi connectivity index (χ2v) is 3.79. The Morgan fingerprint density at radius 3 is 2.60 bits per heavy atom. The zero-order valence-corrected chi connectivity index (χ0v) is 9.76. The summed E-state index contributed by atoms with van der Waals surface area (Å²) in [6, 6.07) is 6.09. The molecule has 1 rings (SSSR count). The maximum Gasteiger partial charge on any atom is 0.224 e. The van der Waals surface area contributed by atoms with Crippen LogP contribution < -0.4 is 5.32 Å². The third-order valence-corrected chi connectivity index (χ3v) is 2.48. The molecule has 0 aliphatic carbocycles. The predicted molar refractivity (Wildman–Crippen MR) is 64.1 cm³/mol. The molecular formula is C13H19NO. The second kappa shape index (κ2) is 5.54. The first-order chi connectivity index (χ1) is 7.17. The predicted octanol–water partition coefficient (Wildman–Crippen LogP) is 3.30. The summed E-state index contributed by atoms with van der Waals surface area (Å²) in [5.74, 6) is 0.0983. The molecule has 2 nitrogen and oxygen atoms in total. The summed E-state index contributed by atoms with van der Waals surface area (Å²) in [4.78, 5) is 11.4. The quantitative estimate of drug-likeness (QED) is 0.802. The van der Waals surface area contributed by atoms with Crippen molar-refractivity contribution in [3.05, 3.63) is 29.3 Å². The molecular weight excluding hydrogens is 186 g/mol. The highest BCUT2D eigenvalue weighted by atomic mass is 16.1. The van der Waals surface area contributed by atoms with Gasteiger partial charge in [0.15, 0.2) is 0 Å². The lowest BCUT2D eigenvalue weighted by Gasteiger charge is -2.08. The van der Waals surface area contributed by atoms with Crippen molar-refractivity contribution in [3.63, 3.8) is 0 Å². The zero-order valence-electron chi connectivity index (χ0n) is 9.76. The standard InChI is InChI=1S/C13H19NO/c1-4-6-13(15)14-12-8-7-11(5-2)10(3)9-12/h7-9H,4-6H2,1-3H3,(H,14,15). The number of hydrogen-bond acceptors (Lipinski definition) is 1. The van der Waals surface area contributed by atoms with E-state index < -0.39 is 0 Å². The first-order valence-electron chi connectivity index (χ1n) is 5.56. The number of benzene rings is 1. The first-order valence-corrected chi connectivity index (χ1v) is 5.56. The van der Waals surface area contributed by atoms with Crippen LogP contribution in [0.2, 0.25) is 0 Å². The molecule has 0 spiro atoms. The van der Waals surface area contributed by atoms with Gasteiger partial charge in [0.2, 0.25) is 5.91 Å². The monoisotopic (exact) mass is 205 g/mol. The molecule has 0 radical (unpaired) electrons. The highest BCUT2D eigenvalue weighted by molar-refractivity contribution is 5.90. The van der Waals surface area contributed by atoms with Crippen molar-refractivity contribution in [3.8, 4) is 0 Å². The number of amides is 1. The lowest BCUT2D eigenvalue weighted by atomic mass is 10.1. The Kier molecular flexibility index (Phi) is 4.35. The van der Waals surface area contributed by atoms with Gasteiger partial charge in [-0.3, -0.25) is 4.79 Å². The van der Waals surface area contributed by atoms with Gasteiger partial charge in [-0.1, -0.05) is 19.9 Å². The van der Waals surface area contributed by atoms with E-state index in [2.05, 4.69) is 25.2 Å². The Morgan fingerprint density at radius 1 is 1.33 bits per heavy atom. The molecule has 0 unspecified atom stereocenters. The fraction of sp³-hybridized carbons (Fsp3) is 0.462. The van der Waals surface area contributed by atoms with E-state index >= 15 is 0 Å². The van der Waals surface area contributed by atoms with Crippen molar-refractivity contribution in [2.24, 2.45) is 0 Å². The van der Waals surface area contributed by atoms with Crippen LogP contribution >= 0.6 is 0 Å². The van der Waals surface area contributed by atoms with Crippen LogP contribution in [0.3, 0.4) is 0 Å².